The molecule has 2 atom stereocenters. The fourth-order valence-electron chi connectivity index (χ4n) is 3.94. The molecule has 1 aliphatic rings. The van der Waals surface area contributed by atoms with Crippen molar-refractivity contribution in [1.82, 2.24) is 0 Å². The molecule has 0 saturated carbocycles. The topological polar surface area (TPSA) is 51.0 Å². The Morgan fingerprint density at radius 2 is 1.44 bits per heavy atom. The smallest absolute Gasteiger partial charge is 0.332 e. The fraction of sp³-hybridized carbons (Fsp3) is 0.350. The summed E-state index contributed by atoms with van der Waals surface area (Å²) in [5.41, 5.74) is 1.48. The molecule has 1 heterocycles. The van der Waals surface area contributed by atoms with Crippen LogP contribution >= 0.6 is 0 Å². The summed E-state index contributed by atoms with van der Waals surface area (Å²) in [7, 11) is -0.435. The first-order chi connectivity index (χ1) is 11.9. The van der Waals surface area contributed by atoms with Crippen molar-refractivity contribution in [3.8, 4) is 0 Å². The molecule has 1 aliphatic heterocycles. The molecule has 0 aromatic heterocycles. The fourth-order valence-corrected chi connectivity index (χ4v) is 6.73. The van der Waals surface area contributed by atoms with Gasteiger partial charge in [-0.15, -0.1) is 0 Å². The minimum absolute atomic E-state index is 0.0164. The van der Waals surface area contributed by atoms with Crippen LogP contribution in [0, 0.1) is 0 Å². The highest BCUT2D eigenvalue weighted by molar-refractivity contribution is 6.78. The number of azo groups is 1. The van der Waals surface area contributed by atoms with E-state index < -0.39 is 19.7 Å². The molecule has 0 N–H and O–H groups in total. The number of carbonyl (C=O) groups excluding carboxylic acids is 1. The number of hydrogen-bond donors (Lipinski definition) is 0. The molecule has 0 amide bonds. The Hall–Kier alpha value is -2.27. The van der Waals surface area contributed by atoms with Gasteiger partial charge in [0, 0.05) is 5.54 Å². The van der Waals surface area contributed by atoms with Gasteiger partial charge in [-0.25, -0.2) is 4.79 Å². The third kappa shape index (κ3) is 2.93. The highest BCUT2D eigenvalue weighted by atomic mass is 28.3. The summed E-state index contributed by atoms with van der Waals surface area (Å²) in [6, 6.07) is 19.8. The SMILES string of the molecule is COC(=O)C1N=NC(c2ccccc2)(c2ccccc2)C1[Si](C)(C)C. The van der Waals surface area contributed by atoms with Crippen LogP contribution in [0.3, 0.4) is 0 Å². The second kappa shape index (κ2) is 6.56. The van der Waals surface area contributed by atoms with E-state index in [1.807, 2.05) is 36.4 Å². The highest BCUT2D eigenvalue weighted by Gasteiger charge is 2.58. The van der Waals surface area contributed by atoms with Crippen LogP contribution in [0.1, 0.15) is 11.1 Å². The van der Waals surface area contributed by atoms with Gasteiger partial charge in [0.2, 0.25) is 0 Å². The Kier molecular flexibility index (Phi) is 4.60. The molecule has 2 aromatic rings. The lowest BCUT2D eigenvalue weighted by atomic mass is 9.79. The molecule has 25 heavy (non-hydrogen) atoms. The van der Waals surface area contributed by atoms with Crippen molar-refractivity contribution >= 4 is 14.0 Å². The average molecular weight is 353 g/mol. The number of methoxy groups -OCH3 is 1. The molecule has 0 radical (unpaired) electrons. The molecule has 2 aromatic carbocycles. The van der Waals surface area contributed by atoms with Crippen LogP contribution in [0.5, 0.6) is 0 Å². The van der Waals surface area contributed by atoms with Gasteiger partial charge in [0.25, 0.3) is 0 Å². The Morgan fingerprint density at radius 1 is 0.960 bits per heavy atom. The summed E-state index contributed by atoms with van der Waals surface area (Å²) in [6.45, 7) is 6.81. The Labute approximate surface area is 150 Å². The standard InChI is InChI=1S/C20H24N2O2Si/c1-24-19(23)17-18(25(2,3)4)20(22-21-17,15-11-7-5-8-12-15)16-13-9-6-10-14-16/h5-14,17-18H,1-4H3. The Morgan fingerprint density at radius 3 is 1.84 bits per heavy atom. The first kappa shape index (κ1) is 17.5. The molecule has 5 heteroatoms. The maximum absolute atomic E-state index is 12.5. The van der Waals surface area contributed by atoms with Crippen LogP contribution in [0.25, 0.3) is 0 Å². The van der Waals surface area contributed by atoms with Crippen molar-refractivity contribution in [2.24, 2.45) is 10.2 Å². The van der Waals surface area contributed by atoms with Gasteiger partial charge in [-0.2, -0.15) is 10.2 Å². The predicted octanol–water partition coefficient (Wildman–Crippen LogP) is 4.65. The summed E-state index contributed by atoms with van der Waals surface area (Å²) in [5.74, 6) is -0.301. The number of carbonyl (C=O) groups is 1. The largest absolute Gasteiger partial charge is 0.467 e. The van der Waals surface area contributed by atoms with E-state index in [2.05, 4.69) is 49.0 Å². The maximum Gasteiger partial charge on any atom is 0.332 e. The third-order valence-electron chi connectivity index (χ3n) is 4.91. The minimum Gasteiger partial charge on any atom is -0.467 e. The van der Waals surface area contributed by atoms with Crippen molar-refractivity contribution < 1.29 is 9.53 Å². The quantitative estimate of drug-likeness (QED) is 0.594. The molecule has 0 bridgehead atoms. The minimum atomic E-state index is -1.86. The number of nitrogens with zero attached hydrogens (tertiary/aromatic N) is 2. The van der Waals surface area contributed by atoms with E-state index in [1.165, 1.54) is 7.11 Å². The van der Waals surface area contributed by atoms with Gasteiger partial charge in [0.05, 0.1) is 15.2 Å². The summed E-state index contributed by atoms with van der Waals surface area (Å²) in [6.07, 6.45) is 0. The lowest BCUT2D eigenvalue weighted by Crippen LogP contribution is -2.48. The van der Waals surface area contributed by atoms with E-state index in [9.17, 15) is 4.79 Å². The summed E-state index contributed by atoms with van der Waals surface area (Å²) in [4.78, 5) is 12.5. The molecule has 0 fully saturated rings. The van der Waals surface area contributed by atoms with Crippen LogP contribution in [0.2, 0.25) is 25.2 Å². The first-order valence-electron chi connectivity index (χ1n) is 8.52. The highest BCUT2D eigenvalue weighted by Crippen LogP contribution is 2.55. The lowest BCUT2D eigenvalue weighted by Gasteiger charge is -2.41. The van der Waals surface area contributed by atoms with E-state index in [1.54, 1.807) is 0 Å². The van der Waals surface area contributed by atoms with E-state index >= 15 is 0 Å². The molecule has 0 spiro atoms. The normalized spacial score (nSPS) is 21.9. The van der Waals surface area contributed by atoms with Gasteiger partial charge in [-0.1, -0.05) is 80.3 Å². The van der Waals surface area contributed by atoms with Gasteiger partial charge >= 0.3 is 5.97 Å². The van der Waals surface area contributed by atoms with Crippen LogP contribution < -0.4 is 0 Å². The van der Waals surface area contributed by atoms with Crippen molar-refractivity contribution in [2.45, 2.75) is 36.8 Å². The first-order valence-corrected chi connectivity index (χ1v) is 12.1. The summed E-state index contributed by atoms with van der Waals surface area (Å²) >= 11 is 0. The zero-order chi connectivity index (χ0) is 18.1. The molecule has 0 aliphatic carbocycles. The second-order valence-electron chi connectivity index (χ2n) is 7.53. The molecule has 3 rings (SSSR count). The third-order valence-corrected chi connectivity index (χ3v) is 7.51. The van der Waals surface area contributed by atoms with Gasteiger partial charge in [-0.05, 0) is 11.1 Å². The second-order valence-corrected chi connectivity index (χ2v) is 12.9. The van der Waals surface area contributed by atoms with Gasteiger partial charge < -0.3 is 4.74 Å². The van der Waals surface area contributed by atoms with Crippen molar-refractivity contribution in [2.75, 3.05) is 7.11 Å². The van der Waals surface area contributed by atoms with E-state index in [4.69, 9.17) is 9.85 Å². The number of rotatable bonds is 4. The number of esters is 1. The number of hydrogen-bond acceptors (Lipinski definition) is 4. The Balaban J connectivity index is 2.27. The van der Waals surface area contributed by atoms with E-state index in [0.717, 1.165) is 11.1 Å². The van der Waals surface area contributed by atoms with Crippen LogP contribution in [-0.2, 0) is 15.1 Å². The maximum atomic E-state index is 12.5. The van der Waals surface area contributed by atoms with Crippen molar-refractivity contribution in [3.05, 3.63) is 71.8 Å². The zero-order valence-electron chi connectivity index (χ0n) is 15.1. The molecule has 2 unspecified atom stereocenters. The van der Waals surface area contributed by atoms with E-state index in [0.29, 0.717) is 0 Å². The van der Waals surface area contributed by atoms with Crippen LogP contribution in [0.15, 0.2) is 70.9 Å². The van der Waals surface area contributed by atoms with E-state index in [-0.39, 0.29) is 11.5 Å². The lowest BCUT2D eigenvalue weighted by molar-refractivity contribution is -0.142. The van der Waals surface area contributed by atoms with Gasteiger partial charge in [-0.3, -0.25) is 0 Å². The molecule has 4 nitrogen and oxygen atoms in total. The van der Waals surface area contributed by atoms with Gasteiger partial charge in [0.1, 0.15) is 5.54 Å². The van der Waals surface area contributed by atoms with Crippen molar-refractivity contribution in [1.29, 1.82) is 0 Å². The van der Waals surface area contributed by atoms with Gasteiger partial charge in [0.15, 0.2) is 6.04 Å². The average Bonchev–Trinajstić information content (AvgIpc) is 3.04. The number of ether oxygens (including phenoxy) is 1. The van der Waals surface area contributed by atoms with Crippen LogP contribution in [-0.4, -0.2) is 27.2 Å². The van der Waals surface area contributed by atoms with Crippen LogP contribution in [0.4, 0.5) is 0 Å². The van der Waals surface area contributed by atoms with Crippen molar-refractivity contribution in [3.63, 3.8) is 0 Å². The predicted molar refractivity (Wildman–Crippen MR) is 101 cm³/mol. The molecule has 130 valence electrons. The summed E-state index contributed by atoms with van der Waals surface area (Å²) < 4.78 is 5.05. The monoisotopic (exact) mass is 352 g/mol. The summed E-state index contributed by atoms with van der Waals surface area (Å²) in [5, 5.41) is 9.21. The molecule has 0 saturated heterocycles. The Bertz CT molecular complexity index is 730. The number of benzene rings is 2. The zero-order valence-corrected chi connectivity index (χ0v) is 16.1. The molecular formula is C20H24N2O2Si. The molecular weight excluding hydrogens is 328 g/mol.